The maximum Gasteiger partial charge on any atom is 0.303 e. The summed E-state index contributed by atoms with van der Waals surface area (Å²) in [7, 11) is 0. The van der Waals surface area contributed by atoms with Crippen molar-refractivity contribution in [3.8, 4) is 0 Å². The van der Waals surface area contributed by atoms with Crippen LogP contribution in [0.5, 0.6) is 0 Å². The summed E-state index contributed by atoms with van der Waals surface area (Å²) in [5.74, 6) is -1.84. The van der Waals surface area contributed by atoms with Crippen molar-refractivity contribution in [2.24, 2.45) is 5.92 Å². The van der Waals surface area contributed by atoms with Gasteiger partial charge in [-0.15, -0.1) is 0 Å². The summed E-state index contributed by atoms with van der Waals surface area (Å²) in [4.78, 5) is 27.1. The lowest BCUT2D eigenvalue weighted by molar-refractivity contribution is -0.139. The lowest BCUT2D eigenvalue weighted by Crippen LogP contribution is -2.50. The lowest BCUT2D eigenvalue weighted by Gasteiger charge is -2.38. The van der Waals surface area contributed by atoms with Gasteiger partial charge in [-0.3, -0.25) is 9.59 Å². The first-order valence-electron chi connectivity index (χ1n) is 5.19. The molecule has 5 nitrogen and oxygen atoms in total. The van der Waals surface area contributed by atoms with Gasteiger partial charge in [0.25, 0.3) is 5.91 Å². The van der Waals surface area contributed by atoms with Crippen molar-refractivity contribution in [3.63, 3.8) is 0 Å². The minimum atomic E-state index is -0.864. The van der Waals surface area contributed by atoms with Gasteiger partial charge in [0.2, 0.25) is 5.95 Å². The van der Waals surface area contributed by atoms with Crippen LogP contribution in [0.4, 0.5) is 4.39 Å². The molecule has 0 spiro atoms. The molecule has 2 rings (SSSR count). The van der Waals surface area contributed by atoms with Crippen molar-refractivity contribution in [3.05, 3.63) is 29.8 Å². The van der Waals surface area contributed by atoms with E-state index in [0.717, 1.165) is 6.07 Å². The SMILES string of the molecule is O=C(O)CC1CN(C(=O)c2ccnc(F)c2)C1. The molecular formula is C11H11FN2O3. The molecular weight excluding hydrogens is 227 g/mol. The molecule has 0 bridgehead atoms. The molecule has 0 atom stereocenters. The summed E-state index contributed by atoms with van der Waals surface area (Å²) >= 11 is 0. The van der Waals surface area contributed by atoms with Gasteiger partial charge in [0.05, 0.1) is 6.42 Å². The van der Waals surface area contributed by atoms with Gasteiger partial charge in [0, 0.05) is 36.8 Å². The first-order chi connectivity index (χ1) is 8.06. The Labute approximate surface area is 96.9 Å². The lowest BCUT2D eigenvalue weighted by atomic mass is 9.95. The average Bonchev–Trinajstić information content (AvgIpc) is 2.21. The molecule has 1 aromatic heterocycles. The topological polar surface area (TPSA) is 70.5 Å². The fourth-order valence-electron chi connectivity index (χ4n) is 1.83. The van der Waals surface area contributed by atoms with Gasteiger partial charge in [-0.25, -0.2) is 4.98 Å². The van der Waals surface area contributed by atoms with Crippen LogP contribution in [-0.4, -0.2) is 40.0 Å². The maximum atomic E-state index is 12.8. The molecule has 0 radical (unpaired) electrons. The van der Waals surface area contributed by atoms with Gasteiger partial charge in [0.1, 0.15) is 0 Å². The smallest absolute Gasteiger partial charge is 0.303 e. The first kappa shape index (κ1) is 11.5. The number of hydrogen-bond donors (Lipinski definition) is 1. The molecule has 17 heavy (non-hydrogen) atoms. The van der Waals surface area contributed by atoms with Gasteiger partial charge in [-0.05, 0) is 6.07 Å². The molecule has 0 saturated carbocycles. The van der Waals surface area contributed by atoms with Crippen LogP contribution in [0.15, 0.2) is 18.3 Å². The molecule has 1 aromatic rings. The summed E-state index contributed by atoms with van der Waals surface area (Å²) in [6, 6.07) is 2.52. The Balaban J connectivity index is 1.93. The van der Waals surface area contributed by atoms with E-state index in [-0.39, 0.29) is 23.8 Å². The van der Waals surface area contributed by atoms with Crippen LogP contribution in [0, 0.1) is 11.9 Å². The monoisotopic (exact) mass is 238 g/mol. The molecule has 1 N–H and O–H groups in total. The van der Waals surface area contributed by atoms with Crippen LogP contribution in [-0.2, 0) is 4.79 Å². The summed E-state index contributed by atoms with van der Waals surface area (Å²) < 4.78 is 12.8. The predicted molar refractivity (Wildman–Crippen MR) is 55.8 cm³/mol. The predicted octanol–water partition coefficient (Wildman–Crippen LogP) is 0.767. The highest BCUT2D eigenvalue weighted by atomic mass is 19.1. The van der Waals surface area contributed by atoms with Gasteiger partial charge in [-0.2, -0.15) is 4.39 Å². The molecule has 1 aliphatic rings. The number of nitrogens with zero attached hydrogens (tertiary/aromatic N) is 2. The molecule has 1 saturated heterocycles. The average molecular weight is 238 g/mol. The molecule has 90 valence electrons. The third kappa shape index (κ3) is 2.58. The molecule has 6 heteroatoms. The highest BCUT2D eigenvalue weighted by Gasteiger charge is 2.32. The van der Waals surface area contributed by atoms with E-state index >= 15 is 0 Å². The standard InChI is InChI=1S/C11H11FN2O3/c12-9-4-8(1-2-13-9)11(17)14-5-7(6-14)3-10(15)16/h1-2,4,7H,3,5-6H2,(H,15,16). The van der Waals surface area contributed by atoms with Crippen molar-refractivity contribution in [2.45, 2.75) is 6.42 Å². The van der Waals surface area contributed by atoms with Crippen molar-refractivity contribution in [2.75, 3.05) is 13.1 Å². The summed E-state index contributed by atoms with van der Waals surface area (Å²) in [5, 5.41) is 8.57. The zero-order valence-electron chi connectivity index (χ0n) is 8.97. The maximum absolute atomic E-state index is 12.8. The first-order valence-corrected chi connectivity index (χ1v) is 5.19. The summed E-state index contributed by atoms with van der Waals surface area (Å²) in [6.07, 6.45) is 1.30. The van der Waals surface area contributed by atoms with E-state index in [1.165, 1.54) is 17.2 Å². The molecule has 1 fully saturated rings. The Morgan fingerprint density at radius 2 is 2.24 bits per heavy atom. The number of hydrogen-bond acceptors (Lipinski definition) is 3. The van der Waals surface area contributed by atoms with Crippen molar-refractivity contribution in [1.82, 2.24) is 9.88 Å². The van der Waals surface area contributed by atoms with E-state index in [1.807, 2.05) is 0 Å². The van der Waals surface area contributed by atoms with Gasteiger partial charge in [0.15, 0.2) is 0 Å². The van der Waals surface area contributed by atoms with Crippen molar-refractivity contribution in [1.29, 1.82) is 0 Å². The number of carboxylic acid groups (broad SMARTS) is 1. The quantitative estimate of drug-likeness (QED) is 0.789. The number of aliphatic carboxylic acids is 1. The normalized spacial score (nSPS) is 15.5. The highest BCUT2D eigenvalue weighted by molar-refractivity contribution is 5.94. The third-order valence-electron chi connectivity index (χ3n) is 2.68. The van der Waals surface area contributed by atoms with E-state index in [0.29, 0.717) is 13.1 Å². The summed E-state index contributed by atoms with van der Waals surface area (Å²) in [6.45, 7) is 0.824. The van der Waals surface area contributed by atoms with Crippen LogP contribution in [0.25, 0.3) is 0 Å². The Morgan fingerprint density at radius 3 is 2.82 bits per heavy atom. The highest BCUT2D eigenvalue weighted by Crippen LogP contribution is 2.21. The largest absolute Gasteiger partial charge is 0.481 e. The minimum Gasteiger partial charge on any atom is -0.481 e. The number of pyridine rings is 1. The Morgan fingerprint density at radius 1 is 1.53 bits per heavy atom. The van der Waals surface area contributed by atoms with Gasteiger partial charge < -0.3 is 10.0 Å². The molecule has 2 heterocycles. The molecule has 0 unspecified atom stereocenters. The van der Waals surface area contributed by atoms with Crippen molar-refractivity contribution >= 4 is 11.9 Å². The van der Waals surface area contributed by atoms with E-state index in [1.54, 1.807) is 0 Å². The van der Waals surface area contributed by atoms with Crippen LogP contribution in [0.3, 0.4) is 0 Å². The van der Waals surface area contributed by atoms with Crippen LogP contribution >= 0.6 is 0 Å². The van der Waals surface area contributed by atoms with E-state index in [4.69, 9.17) is 5.11 Å². The van der Waals surface area contributed by atoms with E-state index in [9.17, 15) is 14.0 Å². The van der Waals surface area contributed by atoms with Crippen LogP contribution in [0.2, 0.25) is 0 Å². The zero-order chi connectivity index (χ0) is 12.4. The number of aromatic nitrogens is 1. The Bertz CT molecular complexity index is 458. The second kappa shape index (κ2) is 4.48. The number of carboxylic acids is 1. The number of carbonyl (C=O) groups is 2. The number of likely N-dealkylation sites (tertiary alicyclic amines) is 1. The fraction of sp³-hybridized carbons (Fsp3) is 0.364. The van der Waals surface area contributed by atoms with Crippen LogP contribution in [0.1, 0.15) is 16.8 Å². The third-order valence-corrected chi connectivity index (χ3v) is 2.68. The molecule has 1 amide bonds. The molecule has 0 aliphatic carbocycles. The number of halogens is 1. The second-order valence-electron chi connectivity index (χ2n) is 4.04. The number of carbonyl (C=O) groups excluding carboxylic acids is 1. The number of amides is 1. The van der Waals surface area contributed by atoms with Crippen LogP contribution < -0.4 is 0 Å². The Kier molecular flexibility index (Phi) is 3.03. The number of rotatable bonds is 3. The van der Waals surface area contributed by atoms with Crippen molar-refractivity contribution < 1.29 is 19.1 Å². The van der Waals surface area contributed by atoms with E-state index < -0.39 is 11.9 Å². The minimum absolute atomic E-state index is 0.00290. The van der Waals surface area contributed by atoms with E-state index in [2.05, 4.69) is 4.98 Å². The second-order valence-corrected chi connectivity index (χ2v) is 4.04. The summed E-state index contributed by atoms with van der Waals surface area (Å²) in [5.41, 5.74) is 0.242. The molecule has 0 aromatic carbocycles. The zero-order valence-corrected chi connectivity index (χ0v) is 8.97. The van der Waals surface area contributed by atoms with Gasteiger partial charge >= 0.3 is 5.97 Å². The molecule has 1 aliphatic heterocycles. The fourth-order valence-corrected chi connectivity index (χ4v) is 1.83. The van der Waals surface area contributed by atoms with Gasteiger partial charge in [-0.1, -0.05) is 0 Å². The Hall–Kier alpha value is -1.98.